The Morgan fingerprint density at radius 1 is 1.22 bits per heavy atom. The minimum absolute atomic E-state index is 0.158. The zero-order chi connectivity index (χ0) is 16.7. The predicted octanol–water partition coefficient (Wildman–Crippen LogP) is 2.49. The fourth-order valence-corrected chi connectivity index (χ4v) is 1.90. The predicted molar refractivity (Wildman–Crippen MR) is 88.8 cm³/mol. The number of benzene rings is 1. The Kier molecular flexibility index (Phi) is 5.68. The summed E-state index contributed by atoms with van der Waals surface area (Å²) >= 11 is 0. The molecule has 120 valence electrons. The Labute approximate surface area is 135 Å². The standard InChI is InChI=1S/C17H19N3O3/c1-4-23-17(21)16(15-7-5-6-12-18-15)19-20(2)13-8-10-14(22-3)11-9-13/h5-12H,4H2,1-3H3/b19-16+. The molecule has 0 aliphatic rings. The number of aromatic nitrogens is 1. The van der Waals surface area contributed by atoms with Gasteiger partial charge in [0.25, 0.3) is 0 Å². The largest absolute Gasteiger partial charge is 0.497 e. The molecule has 0 bridgehead atoms. The molecule has 6 heteroatoms. The van der Waals surface area contributed by atoms with Gasteiger partial charge in [-0.1, -0.05) is 6.07 Å². The Hall–Kier alpha value is -2.89. The molecule has 1 aromatic heterocycles. The van der Waals surface area contributed by atoms with Crippen LogP contribution in [-0.2, 0) is 9.53 Å². The van der Waals surface area contributed by atoms with Crippen molar-refractivity contribution < 1.29 is 14.3 Å². The molecule has 1 aromatic carbocycles. The van der Waals surface area contributed by atoms with Crippen molar-refractivity contribution in [2.45, 2.75) is 6.92 Å². The first kappa shape index (κ1) is 16.5. The molecule has 6 nitrogen and oxygen atoms in total. The van der Waals surface area contributed by atoms with Gasteiger partial charge in [0, 0.05) is 13.2 Å². The molecule has 1 heterocycles. The van der Waals surface area contributed by atoms with E-state index in [1.165, 1.54) is 0 Å². The number of esters is 1. The Morgan fingerprint density at radius 3 is 2.52 bits per heavy atom. The van der Waals surface area contributed by atoms with Crippen molar-refractivity contribution in [2.24, 2.45) is 5.10 Å². The lowest BCUT2D eigenvalue weighted by molar-refractivity contribution is -0.134. The van der Waals surface area contributed by atoms with Crippen molar-refractivity contribution >= 4 is 17.4 Å². The number of ether oxygens (including phenoxy) is 2. The summed E-state index contributed by atoms with van der Waals surface area (Å²) in [5.74, 6) is 0.244. The highest BCUT2D eigenvalue weighted by Gasteiger charge is 2.18. The molecule has 2 aromatic rings. The van der Waals surface area contributed by atoms with Gasteiger partial charge in [-0.2, -0.15) is 5.10 Å². The zero-order valence-electron chi connectivity index (χ0n) is 13.4. The van der Waals surface area contributed by atoms with Crippen molar-refractivity contribution in [3.05, 3.63) is 54.4 Å². The summed E-state index contributed by atoms with van der Waals surface area (Å²) in [6, 6.07) is 12.6. The van der Waals surface area contributed by atoms with E-state index in [1.807, 2.05) is 24.3 Å². The molecule has 0 saturated carbocycles. The zero-order valence-corrected chi connectivity index (χ0v) is 13.4. The van der Waals surface area contributed by atoms with Crippen molar-refractivity contribution in [1.82, 2.24) is 4.98 Å². The molecule has 0 spiro atoms. The van der Waals surface area contributed by atoms with E-state index in [4.69, 9.17) is 9.47 Å². The smallest absolute Gasteiger partial charge is 0.361 e. The SMILES string of the molecule is CCOC(=O)/C(=N/N(C)c1ccc(OC)cc1)c1ccccn1. The number of hydrazone groups is 1. The fraction of sp³-hybridized carbons (Fsp3) is 0.235. The lowest BCUT2D eigenvalue weighted by Crippen LogP contribution is -2.24. The second-order valence-electron chi connectivity index (χ2n) is 4.61. The maximum atomic E-state index is 12.2. The minimum Gasteiger partial charge on any atom is -0.497 e. The van der Waals surface area contributed by atoms with Gasteiger partial charge in [0.1, 0.15) is 5.75 Å². The van der Waals surface area contributed by atoms with Crippen LogP contribution in [0.4, 0.5) is 5.69 Å². The fourth-order valence-electron chi connectivity index (χ4n) is 1.90. The van der Waals surface area contributed by atoms with Crippen LogP contribution in [0.25, 0.3) is 0 Å². The maximum Gasteiger partial charge on any atom is 0.361 e. The number of hydrogen-bond donors (Lipinski definition) is 0. The lowest BCUT2D eigenvalue weighted by atomic mass is 10.2. The maximum absolute atomic E-state index is 12.2. The highest BCUT2D eigenvalue weighted by Crippen LogP contribution is 2.18. The molecule has 0 N–H and O–H groups in total. The average molecular weight is 313 g/mol. The van der Waals surface area contributed by atoms with Crippen molar-refractivity contribution in [3.8, 4) is 5.75 Å². The average Bonchev–Trinajstić information content (AvgIpc) is 2.60. The van der Waals surface area contributed by atoms with E-state index in [2.05, 4.69) is 10.1 Å². The molecule has 23 heavy (non-hydrogen) atoms. The molecule has 0 aliphatic carbocycles. The van der Waals surface area contributed by atoms with E-state index in [-0.39, 0.29) is 12.3 Å². The normalized spacial score (nSPS) is 11.0. The van der Waals surface area contributed by atoms with Crippen LogP contribution in [0.5, 0.6) is 5.75 Å². The highest BCUT2D eigenvalue weighted by molar-refractivity contribution is 6.42. The second-order valence-corrected chi connectivity index (χ2v) is 4.61. The Bertz CT molecular complexity index is 669. The number of nitrogens with zero attached hydrogens (tertiary/aromatic N) is 3. The number of anilines is 1. The van der Waals surface area contributed by atoms with Crippen LogP contribution in [-0.4, -0.2) is 37.4 Å². The third kappa shape index (κ3) is 4.29. The minimum atomic E-state index is -0.508. The van der Waals surface area contributed by atoms with Gasteiger partial charge in [-0.15, -0.1) is 0 Å². The van der Waals surface area contributed by atoms with E-state index in [1.54, 1.807) is 50.5 Å². The van der Waals surface area contributed by atoms with Crippen LogP contribution >= 0.6 is 0 Å². The van der Waals surface area contributed by atoms with Crippen molar-refractivity contribution in [1.29, 1.82) is 0 Å². The van der Waals surface area contributed by atoms with Crippen molar-refractivity contribution in [2.75, 3.05) is 25.8 Å². The lowest BCUT2D eigenvalue weighted by Gasteiger charge is -2.15. The van der Waals surface area contributed by atoms with Crippen LogP contribution in [0.3, 0.4) is 0 Å². The number of rotatable bonds is 6. The number of carbonyl (C=O) groups is 1. The summed E-state index contributed by atoms with van der Waals surface area (Å²) < 4.78 is 10.2. The van der Waals surface area contributed by atoms with Crippen LogP contribution in [0.15, 0.2) is 53.8 Å². The molecule has 0 radical (unpaired) electrons. The van der Waals surface area contributed by atoms with Crippen LogP contribution in [0, 0.1) is 0 Å². The molecule has 0 atom stereocenters. The van der Waals surface area contributed by atoms with Gasteiger partial charge in [-0.3, -0.25) is 9.99 Å². The summed E-state index contributed by atoms with van der Waals surface area (Å²) in [4.78, 5) is 16.3. The third-order valence-corrected chi connectivity index (χ3v) is 3.07. The van der Waals surface area contributed by atoms with Gasteiger partial charge >= 0.3 is 5.97 Å². The van der Waals surface area contributed by atoms with Gasteiger partial charge in [0.15, 0.2) is 5.71 Å². The Morgan fingerprint density at radius 2 is 1.96 bits per heavy atom. The van der Waals surface area contributed by atoms with E-state index in [9.17, 15) is 4.79 Å². The second kappa shape index (κ2) is 7.93. The van der Waals surface area contributed by atoms with E-state index in [0.29, 0.717) is 5.69 Å². The van der Waals surface area contributed by atoms with Gasteiger partial charge in [-0.25, -0.2) is 4.79 Å². The molecule has 2 rings (SSSR count). The third-order valence-electron chi connectivity index (χ3n) is 3.07. The van der Waals surface area contributed by atoms with E-state index >= 15 is 0 Å². The topological polar surface area (TPSA) is 64.0 Å². The summed E-state index contributed by atoms with van der Waals surface area (Å²) in [5, 5.41) is 5.96. The molecule has 0 amide bonds. The molecule has 0 saturated heterocycles. The highest BCUT2D eigenvalue weighted by atomic mass is 16.5. The summed E-state index contributed by atoms with van der Waals surface area (Å²) in [5.41, 5.74) is 1.43. The van der Waals surface area contributed by atoms with Gasteiger partial charge in [0.05, 0.1) is 25.1 Å². The number of pyridine rings is 1. The van der Waals surface area contributed by atoms with Gasteiger partial charge in [-0.05, 0) is 43.3 Å². The summed E-state index contributed by atoms with van der Waals surface area (Å²) in [6.07, 6.45) is 1.61. The first-order valence-corrected chi connectivity index (χ1v) is 7.20. The number of methoxy groups -OCH3 is 1. The van der Waals surface area contributed by atoms with Crippen LogP contribution in [0.1, 0.15) is 12.6 Å². The van der Waals surface area contributed by atoms with Crippen molar-refractivity contribution in [3.63, 3.8) is 0 Å². The van der Waals surface area contributed by atoms with E-state index < -0.39 is 5.97 Å². The molecular formula is C17H19N3O3. The quantitative estimate of drug-likeness (QED) is 0.466. The first-order chi connectivity index (χ1) is 11.2. The molecule has 0 fully saturated rings. The van der Waals surface area contributed by atoms with Crippen LogP contribution < -0.4 is 9.75 Å². The summed E-state index contributed by atoms with van der Waals surface area (Å²) in [7, 11) is 3.36. The van der Waals surface area contributed by atoms with Gasteiger partial charge < -0.3 is 9.47 Å². The monoisotopic (exact) mass is 313 g/mol. The molecular weight excluding hydrogens is 294 g/mol. The molecule has 0 unspecified atom stereocenters. The van der Waals surface area contributed by atoms with E-state index in [0.717, 1.165) is 11.4 Å². The summed E-state index contributed by atoms with van der Waals surface area (Å²) in [6.45, 7) is 2.03. The first-order valence-electron chi connectivity index (χ1n) is 7.20. The molecule has 0 aliphatic heterocycles. The Balaban J connectivity index is 2.33. The number of carbonyl (C=O) groups excluding carboxylic acids is 1. The number of hydrogen-bond acceptors (Lipinski definition) is 6. The van der Waals surface area contributed by atoms with Gasteiger partial charge in [0.2, 0.25) is 0 Å². The van der Waals surface area contributed by atoms with Crippen LogP contribution in [0.2, 0.25) is 0 Å².